The molecular formula is C12H14FN3O2S. The van der Waals surface area contributed by atoms with Gasteiger partial charge in [0.05, 0.1) is 0 Å². The van der Waals surface area contributed by atoms with E-state index >= 15 is 0 Å². The first kappa shape index (κ1) is 13.9. The zero-order chi connectivity index (χ0) is 13.9. The summed E-state index contributed by atoms with van der Waals surface area (Å²) in [6.45, 7) is 1.11. The first-order valence-electron chi connectivity index (χ1n) is 5.96. The van der Waals surface area contributed by atoms with E-state index in [2.05, 4.69) is 10.0 Å². The van der Waals surface area contributed by atoms with E-state index in [1.165, 1.54) is 12.1 Å². The molecule has 0 aliphatic carbocycles. The third kappa shape index (κ3) is 3.10. The van der Waals surface area contributed by atoms with Crippen molar-refractivity contribution >= 4 is 10.0 Å². The van der Waals surface area contributed by atoms with Crippen LogP contribution in [0.15, 0.2) is 23.1 Å². The van der Waals surface area contributed by atoms with Crippen molar-refractivity contribution in [1.29, 1.82) is 5.26 Å². The lowest BCUT2D eigenvalue weighted by molar-refractivity contribution is 0.549. The highest BCUT2D eigenvalue weighted by Crippen LogP contribution is 2.18. The Morgan fingerprint density at radius 1 is 1.53 bits per heavy atom. The van der Waals surface area contributed by atoms with E-state index in [1.54, 1.807) is 6.07 Å². The normalized spacial score (nSPS) is 19.3. The summed E-state index contributed by atoms with van der Waals surface area (Å²) < 4.78 is 39.9. The Morgan fingerprint density at radius 2 is 2.32 bits per heavy atom. The molecule has 1 heterocycles. The molecule has 0 radical (unpaired) electrons. The van der Waals surface area contributed by atoms with E-state index in [-0.39, 0.29) is 17.5 Å². The molecule has 102 valence electrons. The SMILES string of the molecule is N#Cc1c(F)cccc1S(=O)(=O)NCC1CCCN1. The smallest absolute Gasteiger partial charge is 0.242 e. The summed E-state index contributed by atoms with van der Waals surface area (Å²) in [6, 6.07) is 5.25. The number of hydrogen-bond donors (Lipinski definition) is 2. The van der Waals surface area contributed by atoms with E-state index in [4.69, 9.17) is 5.26 Å². The summed E-state index contributed by atoms with van der Waals surface area (Å²) in [7, 11) is -3.87. The quantitative estimate of drug-likeness (QED) is 0.853. The minimum Gasteiger partial charge on any atom is -0.313 e. The van der Waals surface area contributed by atoms with Gasteiger partial charge < -0.3 is 5.32 Å². The summed E-state index contributed by atoms with van der Waals surface area (Å²) in [6.07, 6.45) is 1.91. The van der Waals surface area contributed by atoms with Gasteiger partial charge in [-0.2, -0.15) is 5.26 Å². The Bertz CT molecular complexity index is 604. The van der Waals surface area contributed by atoms with Crippen LogP contribution in [0.2, 0.25) is 0 Å². The number of nitrogens with one attached hydrogen (secondary N) is 2. The van der Waals surface area contributed by atoms with E-state index in [0.29, 0.717) is 0 Å². The Labute approximate surface area is 111 Å². The number of rotatable bonds is 4. The summed E-state index contributed by atoms with van der Waals surface area (Å²) >= 11 is 0. The monoisotopic (exact) mass is 283 g/mol. The highest BCUT2D eigenvalue weighted by atomic mass is 32.2. The Morgan fingerprint density at radius 3 is 2.95 bits per heavy atom. The standard InChI is InChI=1S/C12H14FN3O2S/c13-11-4-1-5-12(10(11)7-14)19(17,18)16-8-9-3-2-6-15-9/h1,4-5,9,15-16H,2-3,6,8H2. The summed E-state index contributed by atoms with van der Waals surface area (Å²) in [5, 5.41) is 12.0. The van der Waals surface area contributed by atoms with Gasteiger partial charge in [0.25, 0.3) is 0 Å². The lowest BCUT2D eigenvalue weighted by atomic mass is 10.2. The van der Waals surface area contributed by atoms with Crippen LogP contribution in [0.25, 0.3) is 0 Å². The Hall–Kier alpha value is -1.49. The van der Waals surface area contributed by atoms with Crippen LogP contribution in [0.3, 0.4) is 0 Å². The average molecular weight is 283 g/mol. The maximum Gasteiger partial charge on any atom is 0.242 e. The molecular weight excluding hydrogens is 269 g/mol. The van der Waals surface area contributed by atoms with Crippen LogP contribution < -0.4 is 10.0 Å². The van der Waals surface area contributed by atoms with E-state index in [9.17, 15) is 12.8 Å². The van der Waals surface area contributed by atoms with Gasteiger partial charge in [-0.25, -0.2) is 17.5 Å². The number of sulfonamides is 1. The van der Waals surface area contributed by atoms with Crippen LogP contribution in [0.1, 0.15) is 18.4 Å². The molecule has 0 saturated carbocycles. The minimum absolute atomic E-state index is 0.0915. The maximum atomic E-state index is 13.4. The van der Waals surface area contributed by atoms with Gasteiger partial charge in [-0.1, -0.05) is 6.07 Å². The van der Waals surface area contributed by atoms with Crippen LogP contribution in [0, 0.1) is 17.1 Å². The molecule has 5 nitrogen and oxygen atoms in total. The van der Waals surface area contributed by atoms with E-state index in [0.717, 1.165) is 25.5 Å². The first-order valence-corrected chi connectivity index (χ1v) is 7.44. The van der Waals surface area contributed by atoms with Crippen LogP contribution in [0.5, 0.6) is 0 Å². The van der Waals surface area contributed by atoms with Crippen molar-refractivity contribution in [3.63, 3.8) is 0 Å². The molecule has 0 spiro atoms. The summed E-state index contributed by atoms with van der Waals surface area (Å²) in [5.74, 6) is -0.829. The molecule has 0 amide bonds. The topological polar surface area (TPSA) is 82.0 Å². The molecule has 1 aromatic rings. The van der Waals surface area contributed by atoms with Crippen LogP contribution in [0.4, 0.5) is 4.39 Å². The van der Waals surface area contributed by atoms with Crippen molar-refractivity contribution < 1.29 is 12.8 Å². The van der Waals surface area contributed by atoms with Gasteiger partial charge >= 0.3 is 0 Å². The van der Waals surface area contributed by atoms with Crippen LogP contribution in [-0.4, -0.2) is 27.5 Å². The van der Waals surface area contributed by atoms with Crippen molar-refractivity contribution in [1.82, 2.24) is 10.0 Å². The van der Waals surface area contributed by atoms with Gasteiger partial charge in [0.15, 0.2) is 0 Å². The number of halogens is 1. The van der Waals surface area contributed by atoms with Crippen LogP contribution >= 0.6 is 0 Å². The van der Waals surface area contributed by atoms with Crippen molar-refractivity contribution in [3.05, 3.63) is 29.6 Å². The molecule has 1 aliphatic rings. The molecule has 19 heavy (non-hydrogen) atoms. The lowest BCUT2D eigenvalue weighted by Gasteiger charge is -2.12. The van der Waals surface area contributed by atoms with Crippen molar-refractivity contribution in [2.75, 3.05) is 13.1 Å². The first-order chi connectivity index (χ1) is 9.04. The second-order valence-corrected chi connectivity index (χ2v) is 6.11. The largest absolute Gasteiger partial charge is 0.313 e. The fourth-order valence-corrected chi connectivity index (χ4v) is 3.30. The predicted molar refractivity (Wildman–Crippen MR) is 67.3 cm³/mol. The number of hydrogen-bond acceptors (Lipinski definition) is 4. The Balaban J connectivity index is 2.20. The van der Waals surface area contributed by atoms with Crippen molar-refractivity contribution in [2.45, 2.75) is 23.8 Å². The van der Waals surface area contributed by atoms with E-state index in [1.807, 2.05) is 0 Å². The van der Waals surface area contributed by atoms with Gasteiger partial charge in [0.1, 0.15) is 22.3 Å². The second kappa shape index (κ2) is 5.65. The lowest BCUT2D eigenvalue weighted by Crippen LogP contribution is -2.37. The predicted octanol–water partition coefficient (Wildman–Crippen LogP) is 0.728. The molecule has 2 N–H and O–H groups in total. The maximum absolute atomic E-state index is 13.4. The molecule has 1 fully saturated rings. The van der Waals surface area contributed by atoms with Crippen molar-refractivity contribution in [2.24, 2.45) is 0 Å². The highest BCUT2D eigenvalue weighted by Gasteiger charge is 2.23. The molecule has 7 heteroatoms. The zero-order valence-electron chi connectivity index (χ0n) is 10.2. The number of nitrogens with zero attached hydrogens (tertiary/aromatic N) is 1. The molecule has 0 bridgehead atoms. The Kier molecular flexibility index (Phi) is 4.14. The molecule has 1 aliphatic heterocycles. The van der Waals surface area contributed by atoms with Crippen LogP contribution in [-0.2, 0) is 10.0 Å². The highest BCUT2D eigenvalue weighted by molar-refractivity contribution is 7.89. The summed E-state index contributed by atoms with van der Waals surface area (Å²) in [5.41, 5.74) is -0.450. The third-order valence-electron chi connectivity index (χ3n) is 3.06. The summed E-state index contributed by atoms with van der Waals surface area (Å²) in [4.78, 5) is -0.312. The average Bonchev–Trinajstić information content (AvgIpc) is 2.89. The van der Waals surface area contributed by atoms with Gasteiger partial charge in [-0.15, -0.1) is 0 Å². The van der Waals surface area contributed by atoms with Crippen molar-refractivity contribution in [3.8, 4) is 6.07 Å². The fraction of sp³-hybridized carbons (Fsp3) is 0.417. The van der Waals surface area contributed by atoms with Gasteiger partial charge in [0, 0.05) is 12.6 Å². The second-order valence-electron chi connectivity index (χ2n) is 4.37. The van der Waals surface area contributed by atoms with Gasteiger partial charge in [-0.3, -0.25) is 0 Å². The molecule has 1 aromatic carbocycles. The molecule has 1 atom stereocenters. The van der Waals surface area contributed by atoms with E-state index < -0.39 is 21.4 Å². The molecule has 1 unspecified atom stereocenters. The molecule has 2 rings (SSSR count). The molecule has 0 aromatic heterocycles. The van der Waals surface area contributed by atoms with Gasteiger partial charge in [-0.05, 0) is 31.5 Å². The minimum atomic E-state index is -3.87. The number of benzene rings is 1. The number of nitriles is 1. The molecule has 1 saturated heterocycles. The van der Waals surface area contributed by atoms with Gasteiger partial charge in [0.2, 0.25) is 10.0 Å². The third-order valence-corrected chi connectivity index (χ3v) is 4.52. The zero-order valence-corrected chi connectivity index (χ0v) is 11.0. The fourth-order valence-electron chi connectivity index (χ4n) is 2.06.